The molecule has 0 unspecified atom stereocenters. The van der Waals surface area contributed by atoms with E-state index in [9.17, 15) is 14.4 Å². The van der Waals surface area contributed by atoms with Gasteiger partial charge in [-0.1, -0.05) is 13.8 Å². The summed E-state index contributed by atoms with van der Waals surface area (Å²) in [5.41, 5.74) is 5.49. The Balaban J connectivity index is 2.41. The van der Waals surface area contributed by atoms with E-state index in [0.717, 1.165) is 0 Å². The van der Waals surface area contributed by atoms with Gasteiger partial charge in [-0.15, -0.1) is 0 Å². The number of hydrogen-bond acceptors (Lipinski definition) is 4. The molecular formula is C15H20N2O5. The predicted octanol–water partition coefficient (Wildman–Crippen LogP) is 0.780. The molecule has 1 aromatic carbocycles. The molecule has 0 spiro atoms. The smallest absolute Gasteiger partial charge is 0.326 e. The third kappa shape index (κ3) is 5.43. The summed E-state index contributed by atoms with van der Waals surface area (Å²) in [6, 6.07) is 5.29. The third-order valence-electron chi connectivity index (χ3n) is 2.99. The molecule has 7 heteroatoms. The van der Waals surface area contributed by atoms with Crippen molar-refractivity contribution in [2.24, 2.45) is 11.7 Å². The molecule has 1 aromatic rings. The van der Waals surface area contributed by atoms with Crippen molar-refractivity contribution >= 4 is 17.8 Å². The topological polar surface area (TPSA) is 119 Å². The predicted molar refractivity (Wildman–Crippen MR) is 79.5 cm³/mol. The molecule has 0 radical (unpaired) electrons. The second kappa shape index (κ2) is 8.02. The average Bonchev–Trinajstić information content (AvgIpc) is 2.44. The molecule has 2 amide bonds. The number of primary amides is 1. The average molecular weight is 308 g/mol. The van der Waals surface area contributed by atoms with E-state index < -0.39 is 23.8 Å². The van der Waals surface area contributed by atoms with Crippen molar-refractivity contribution in [3.8, 4) is 5.75 Å². The van der Waals surface area contributed by atoms with Gasteiger partial charge < -0.3 is 20.9 Å². The molecule has 1 rings (SSSR count). The molecule has 0 aliphatic carbocycles. The number of carboxylic acids is 1. The van der Waals surface area contributed by atoms with Crippen LogP contribution >= 0.6 is 0 Å². The van der Waals surface area contributed by atoms with Gasteiger partial charge in [0.1, 0.15) is 11.8 Å². The highest BCUT2D eigenvalue weighted by Crippen LogP contribution is 2.12. The van der Waals surface area contributed by atoms with Crippen molar-refractivity contribution in [1.29, 1.82) is 0 Å². The second-order valence-electron chi connectivity index (χ2n) is 5.11. The van der Waals surface area contributed by atoms with E-state index in [2.05, 4.69) is 5.32 Å². The normalized spacial score (nSPS) is 11.8. The molecule has 0 aliphatic rings. The SMILES string of the molecule is CC(C)[C@H](NC(=O)CCOc1ccc(C(N)=O)cc1)C(=O)O. The van der Waals surface area contributed by atoms with Crippen LogP contribution < -0.4 is 15.8 Å². The first-order valence-corrected chi connectivity index (χ1v) is 6.86. The highest BCUT2D eigenvalue weighted by atomic mass is 16.5. The zero-order valence-corrected chi connectivity index (χ0v) is 12.5. The molecule has 120 valence electrons. The lowest BCUT2D eigenvalue weighted by Crippen LogP contribution is -2.44. The molecule has 0 fully saturated rings. The number of benzene rings is 1. The van der Waals surface area contributed by atoms with Crippen LogP contribution in [-0.4, -0.2) is 35.5 Å². The van der Waals surface area contributed by atoms with Gasteiger partial charge in [0.15, 0.2) is 0 Å². The summed E-state index contributed by atoms with van der Waals surface area (Å²) < 4.78 is 5.35. The van der Waals surface area contributed by atoms with Gasteiger partial charge in [0.05, 0.1) is 13.0 Å². The van der Waals surface area contributed by atoms with Crippen molar-refractivity contribution in [1.82, 2.24) is 5.32 Å². The van der Waals surface area contributed by atoms with Crippen molar-refractivity contribution in [2.45, 2.75) is 26.3 Å². The molecule has 0 aromatic heterocycles. The van der Waals surface area contributed by atoms with Gasteiger partial charge in [0.2, 0.25) is 11.8 Å². The molecule has 0 aliphatic heterocycles. The summed E-state index contributed by atoms with van der Waals surface area (Å²) in [5.74, 6) is -1.69. The van der Waals surface area contributed by atoms with Gasteiger partial charge in [-0.25, -0.2) is 4.79 Å². The van der Waals surface area contributed by atoms with Crippen LogP contribution in [0.3, 0.4) is 0 Å². The van der Waals surface area contributed by atoms with E-state index in [0.29, 0.717) is 11.3 Å². The molecule has 0 saturated carbocycles. The summed E-state index contributed by atoms with van der Waals surface area (Å²) in [6.45, 7) is 3.54. The van der Waals surface area contributed by atoms with Gasteiger partial charge >= 0.3 is 5.97 Å². The maximum Gasteiger partial charge on any atom is 0.326 e. The monoisotopic (exact) mass is 308 g/mol. The fourth-order valence-corrected chi connectivity index (χ4v) is 1.74. The van der Waals surface area contributed by atoms with Crippen LogP contribution in [0.1, 0.15) is 30.6 Å². The Morgan fingerprint density at radius 3 is 2.27 bits per heavy atom. The minimum atomic E-state index is -1.06. The summed E-state index contributed by atoms with van der Waals surface area (Å²) in [6.07, 6.45) is 0.0358. The zero-order valence-electron chi connectivity index (χ0n) is 12.5. The largest absolute Gasteiger partial charge is 0.493 e. The Bertz CT molecular complexity index is 539. The van der Waals surface area contributed by atoms with Crippen LogP contribution in [0.15, 0.2) is 24.3 Å². The lowest BCUT2D eigenvalue weighted by atomic mass is 10.0. The number of ether oxygens (including phenoxy) is 1. The summed E-state index contributed by atoms with van der Waals surface area (Å²) >= 11 is 0. The number of carbonyl (C=O) groups is 3. The minimum absolute atomic E-state index is 0.0358. The number of aliphatic carboxylic acids is 1. The van der Waals surface area contributed by atoms with E-state index in [4.69, 9.17) is 15.6 Å². The first-order chi connectivity index (χ1) is 10.3. The molecular weight excluding hydrogens is 288 g/mol. The summed E-state index contributed by atoms with van der Waals surface area (Å²) in [7, 11) is 0. The quantitative estimate of drug-likeness (QED) is 0.655. The Hall–Kier alpha value is -2.57. The molecule has 1 atom stereocenters. The molecule has 4 N–H and O–H groups in total. The van der Waals surface area contributed by atoms with Gasteiger partial charge in [0.25, 0.3) is 0 Å². The number of nitrogens with two attached hydrogens (primary N) is 1. The first-order valence-electron chi connectivity index (χ1n) is 6.86. The van der Waals surface area contributed by atoms with Gasteiger partial charge in [-0.2, -0.15) is 0 Å². The second-order valence-corrected chi connectivity index (χ2v) is 5.11. The van der Waals surface area contributed by atoms with Crippen molar-refractivity contribution in [3.05, 3.63) is 29.8 Å². The fourth-order valence-electron chi connectivity index (χ4n) is 1.74. The lowest BCUT2D eigenvalue weighted by Gasteiger charge is -2.17. The fraction of sp³-hybridized carbons (Fsp3) is 0.400. The molecule has 22 heavy (non-hydrogen) atoms. The Morgan fingerprint density at radius 2 is 1.82 bits per heavy atom. The van der Waals surface area contributed by atoms with Crippen LogP contribution in [0.5, 0.6) is 5.75 Å². The highest BCUT2D eigenvalue weighted by Gasteiger charge is 2.23. The standard InChI is InChI=1S/C15H20N2O5/c1-9(2)13(15(20)21)17-12(18)7-8-22-11-5-3-10(4-6-11)14(16)19/h3-6,9,13H,7-8H2,1-2H3,(H2,16,19)(H,17,18)(H,20,21)/t13-/m0/s1. The van der Waals surface area contributed by atoms with E-state index in [-0.39, 0.29) is 18.9 Å². The number of hydrogen-bond donors (Lipinski definition) is 3. The van der Waals surface area contributed by atoms with E-state index in [1.807, 2.05) is 0 Å². The number of rotatable bonds is 8. The van der Waals surface area contributed by atoms with E-state index in [1.54, 1.807) is 26.0 Å². The number of nitrogens with one attached hydrogen (secondary N) is 1. The third-order valence-corrected chi connectivity index (χ3v) is 2.99. The van der Waals surface area contributed by atoms with Crippen LogP contribution in [0, 0.1) is 5.92 Å². The Kier molecular flexibility index (Phi) is 6.37. The van der Waals surface area contributed by atoms with Crippen LogP contribution in [0.2, 0.25) is 0 Å². The number of amides is 2. The minimum Gasteiger partial charge on any atom is -0.493 e. The van der Waals surface area contributed by atoms with Crippen molar-refractivity contribution in [3.63, 3.8) is 0 Å². The first kappa shape index (κ1) is 17.5. The van der Waals surface area contributed by atoms with Crippen molar-refractivity contribution in [2.75, 3.05) is 6.61 Å². The Labute approximate surface area is 128 Å². The summed E-state index contributed by atoms with van der Waals surface area (Å²) in [5, 5.41) is 11.4. The number of carbonyl (C=O) groups excluding carboxylic acids is 2. The Morgan fingerprint density at radius 1 is 1.23 bits per heavy atom. The van der Waals surface area contributed by atoms with Gasteiger partial charge in [-0.05, 0) is 30.2 Å². The maximum absolute atomic E-state index is 11.7. The molecule has 0 heterocycles. The van der Waals surface area contributed by atoms with E-state index >= 15 is 0 Å². The number of carboxylic acid groups (broad SMARTS) is 1. The highest BCUT2D eigenvalue weighted by molar-refractivity contribution is 5.92. The lowest BCUT2D eigenvalue weighted by molar-refractivity contribution is -0.143. The van der Waals surface area contributed by atoms with Crippen LogP contribution in [0.25, 0.3) is 0 Å². The molecule has 0 bridgehead atoms. The summed E-state index contributed by atoms with van der Waals surface area (Å²) in [4.78, 5) is 33.6. The molecule has 0 saturated heterocycles. The van der Waals surface area contributed by atoms with Crippen LogP contribution in [0.4, 0.5) is 0 Å². The van der Waals surface area contributed by atoms with E-state index in [1.165, 1.54) is 12.1 Å². The maximum atomic E-state index is 11.7. The van der Waals surface area contributed by atoms with Crippen molar-refractivity contribution < 1.29 is 24.2 Å². The van der Waals surface area contributed by atoms with Gasteiger partial charge in [-0.3, -0.25) is 9.59 Å². The van der Waals surface area contributed by atoms with Gasteiger partial charge in [0, 0.05) is 5.56 Å². The molecule has 7 nitrogen and oxygen atoms in total. The van der Waals surface area contributed by atoms with Crippen LogP contribution in [-0.2, 0) is 9.59 Å². The zero-order chi connectivity index (χ0) is 16.7.